The van der Waals surface area contributed by atoms with Gasteiger partial charge >= 0.3 is 6.18 Å². The summed E-state index contributed by atoms with van der Waals surface area (Å²) in [6.45, 7) is 9.42. The average molecular weight is 624 g/mol. The minimum Gasteiger partial charge on any atom is -0.507 e. The van der Waals surface area contributed by atoms with Crippen LogP contribution in [0.25, 0.3) is 0 Å². The molecule has 0 saturated heterocycles. The molecule has 1 amide bonds. The van der Waals surface area contributed by atoms with Crippen molar-refractivity contribution in [1.29, 1.82) is 0 Å². The number of ketones is 4. The predicted molar refractivity (Wildman–Crippen MR) is 151 cm³/mol. The Kier molecular flexibility index (Phi) is 8.23. The number of halogens is 3. The number of nitrogens with zero attached hydrogens (tertiary/aromatic N) is 1. The second-order valence-electron chi connectivity index (χ2n) is 14.5. The van der Waals surface area contributed by atoms with Gasteiger partial charge in [-0.2, -0.15) is 13.2 Å². The van der Waals surface area contributed by atoms with Crippen LogP contribution in [0.3, 0.4) is 0 Å². The second kappa shape index (κ2) is 10.7. The number of rotatable bonds is 6. The van der Waals surface area contributed by atoms with Crippen LogP contribution in [0.2, 0.25) is 0 Å². The third-order valence-corrected chi connectivity index (χ3v) is 9.16. The van der Waals surface area contributed by atoms with Gasteiger partial charge in [0.1, 0.15) is 5.75 Å². The molecule has 0 heterocycles. The third kappa shape index (κ3) is 5.47. The Balaban J connectivity index is 1.84. The number of carbonyl (C=O) groups excluding carboxylic acids is 5. The summed E-state index contributed by atoms with van der Waals surface area (Å²) < 4.78 is 44.2. The molecule has 0 bridgehead atoms. The van der Waals surface area contributed by atoms with Crippen molar-refractivity contribution < 1.29 is 47.4 Å². The fourth-order valence-corrected chi connectivity index (χ4v) is 7.96. The summed E-state index contributed by atoms with van der Waals surface area (Å²) in [5.74, 6) is -13.5. The largest absolute Gasteiger partial charge is 0.507 e. The molecule has 3 aliphatic carbocycles. The van der Waals surface area contributed by atoms with Gasteiger partial charge in [-0.15, -0.1) is 0 Å². The number of amides is 1. The number of primary amides is 1. The lowest BCUT2D eigenvalue weighted by Crippen LogP contribution is -2.74. The van der Waals surface area contributed by atoms with Crippen LogP contribution >= 0.6 is 0 Å². The molecule has 44 heavy (non-hydrogen) atoms. The van der Waals surface area contributed by atoms with Crippen LogP contribution in [0, 0.1) is 29.1 Å². The van der Waals surface area contributed by atoms with Gasteiger partial charge in [-0.25, -0.2) is 0 Å². The number of alkyl halides is 3. The third-order valence-electron chi connectivity index (χ3n) is 9.16. The van der Waals surface area contributed by atoms with Gasteiger partial charge in [0.15, 0.2) is 34.7 Å². The number of nitrogens with two attached hydrogens (primary N) is 1. The minimum atomic E-state index is -4.94. The molecule has 0 radical (unpaired) electrons. The topological polar surface area (TPSA) is 167 Å². The zero-order valence-electron chi connectivity index (χ0n) is 25.9. The number of hydrogen-bond acceptors (Lipinski definition) is 9. The van der Waals surface area contributed by atoms with Gasteiger partial charge in [-0.3, -0.25) is 28.9 Å². The summed E-state index contributed by atoms with van der Waals surface area (Å²) in [5.41, 5.74) is -0.926. The summed E-state index contributed by atoms with van der Waals surface area (Å²) in [6.07, 6.45) is -5.14. The highest BCUT2D eigenvalue weighted by molar-refractivity contribution is 6.32. The molecule has 2 unspecified atom stereocenters. The molecule has 0 aromatic heterocycles. The maximum Gasteiger partial charge on any atom is 0.417 e. The molecule has 2 fully saturated rings. The van der Waals surface area contributed by atoms with Gasteiger partial charge in [0, 0.05) is 18.0 Å². The highest BCUT2D eigenvalue weighted by Gasteiger charge is 2.69. The maximum absolute atomic E-state index is 14.7. The Hall–Kier alpha value is -3.16. The normalized spacial score (nSPS) is 29.4. The molecule has 4 rings (SSSR count). The number of hydrogen-bond donors (Lipinski definition) is 4. The molecule has 2 saturated carbocycles. The molecule has 1 aromatic carbocycles. The van der Waals surface area contributed by atoms with Crippen molar-refractivity contribution in [3.05, 3.63) is 28.3 Å². The summed E-state index contributed by atoms with van der Waals surface area (Å²) >= 11 is 0. The van der Waals surface area contributed by atoms with E-state index in [1.807, 2.05) is 34.6 Å². The molecule has 242 valence electrons. The average Bonchev–Trinajstić information content (AvgIpc) is 2.82. The second-order valence-corrected chi connectivity index (χ2v) is 14.5. The van der Waals surface area contributed by atoms with E-state index in [4.69, 9.17) is 5.73 Å². The Morgan fingerprint density at radius 3 is 2.18 bits per heavy atom. The Morgan fingerprint density at radius 1 is 1.09 bits per heavy atom. The lowest BCUT2D eigenvalue weighted by atomic mass is 9.52. The zero-order chi connectivity index (χ0) is 33.5. The summed E-state index contributed by atoms with van der Waals surface area (Å²) in [5, 5.41) is 25.7. The van der Waals surface area contributed by atoms with Crippen molar-refractivity contribution in [2.45, 2.75) is 83.8 Å². The lowest BCUT2D eigenvalue weighted by molar-refractivity contribution is -0.181. The van der Waals surface area contributed by atoms with Gasteiger partial charge in [0.2, 0.25) is 5.91 Å². The van der Waals surface area contributed by atoms with Gasteiger partial charge < -0.3 is 21.3 Å². The number of fused-ring (bicyclic) bond motifs is 3. The number of carbonyl (C=O) groups is 5. The van der Waals surface area contributed by atoms with Crippen LogP contribution in [0.15, 0.2) is 6.07 Å². The van der Waals surface area contributed by atoms with Crippen LogP contribution < -0.4 is 11.1 Å². The zero-order valence-corrected chi connectivity index (χ0v) is 25.9. The van der Waals surface area contributed by atoms with Gasteiger partial charge in [0.05, 0.1) is 23.1 Å². The highest BCUT2D eigenvalue weighted by atomic mass is 19.4. The molecule has 10 nitrogen and oxygen atoms in total. The van der Waals surface area contributed by atoms with E-state index in [1.165, 1.54) is 19.0 Å². The molecule has 0 spiro atoms. The first-order valence-electron chi connectivity index (χ1n) is 14.5. The molecule has 13 heteroatoms. The number of likely N-dealkylation sites (N-methyl/N-ethyl adjacent to an activating group) is 1. The number of Topliss-reactive ketones (excluding diaryl/α,β-unsaturated/α-hetero) is 4. The van der Waals surface area contributed by atoms with Crippen LogP contribution in [0.5, 0.6) is 5.75 Å². The molecule has 3 aliphatic rings. The van der Waals surface area contributed by atoms with E-state index in [2.05, 4.69) is 5.32 Å². The van der Waals surface area contributed by atoms with Gasteiger partial charge in [0.25, 0.3) is 0 Å². The Labute approximate surface area is 253 Å². The quantitative estimate of drug-likeness (QED) is 0.348. The predicted octanol–water partition coefficient (Wildman–Crippen LogP) is 2.19. The number of benzene rings is 1. The van der Waals surface area contributed by atoms with Crippen molar-refractivity contribution in [2.75, 3.05) is 14.1 Å². The number of nitrogens with one attached hydrogen (secondary N) is 1. The fraction of sp³-hybridized carbons (Fsp3) is 0.645. The molecule has 0 aliphatic heterocycles. The van der Waals surface area contributed by atoms with E-state index < -0.39 is 105 Å². The highest BCUT2D eigenvalue weighted by Crippen LogP contribution is 2.52. The molecule has 6 atom stereocenters. The van der Waals surface area contributed by atoms with E-state index in [0.717, 1.165) is 6.07 Å². The molecular formula is C31H40F3N3O7. The van der Waals surface area contributed by atoms with E-state index in [9.17, 15) is 47.4 Å². The van der Waals surface area contributed by atoms with Crippen molar-refractivity contribution in [3.8, 4) is 5.75 Å². The fourth-order valence-electron chi connectivity index (χ4n) is 7.96. The van der Waals surface area contributed by atoms with Crippen LogP contribution in [0.4, 0.5) is 13.2 Å². The van der Waals surface area contributed by atoms with Crippen LogP contribution in [-0.2, 0) is 38.3 Å². The van der Waals surface area contributed by atoms with Crippen molar-refractivity contribution >= 4 is 29.0 Å². The monoisotopic (exact) mass is 623 g/mol. The smallest absolute Gasteiger partial charge is 0.417 e. The summed E-state index contributed by atoms with van der Waals surface area (Å²) in [4.78, 5) is 67.7. The number of aromatic hydroxyl groups is 1. The SMILES string of the molecule is CN(C)[C@@H]1C(=O)C(C(N)=O)C(=O)[C@@]2(O)C(=O)C3C(=O)c4c(O)cc(CNC(C)(C)CC(C)(C)C)c(C(F)(F)F)c4C[C@H]3C[C@@H]12. The number of phenolic OH excluding ortho intramolecular Hbond substituents is 1. The first-order chi connectivity index (χ1) is 19.9. The number of aliphatic hydroxyl groups is 1. The summed E-state index contributed by atoms with van der Waals surface area (Å²) in [7, 11) is 2.85. The Morgan fingerprint density at radius 2 is 1.68 bits per heavy atom. The van der Waals surface area contributed by atoms with Crippen molar-refractivity contribution in [3.63, 3.8) is 0 Å². The molecular weight excluding hydrogens is 583 g/mol. The van der Waals surface area contributed by atoms with Crippen LogP contribution in [-0.4, -0.2) is 75.4 Å². The van der Waals surface area contributed by atoms with E-state index >= 15 is 0 Å². The standard InChI is InChI=1S/C31H40F3N3O7/c1-28(2,3)12-29(4,5)36-11-14-10-17(38)19-15(21(14)31(32,33)34)8-13-9-16-22(37(6)7)24(40)20(27(35)43)26(42)30(16,44)25(41)18(13)23(19)39/h10,13,16,18,20,22,36,38,44H,8-9,11-12H2,1-7H3,(H2,35,43)/t13-,16-,18?,20?,22-,30-/m0/s1. The van der Waals surface area contributed by atoms with E-state index in [0.29, 0.717) is 6.42 Å². The minimum absolute atomic E-state index is 0.137. The van der Waals surface area contributed by atoms with Gasteiger partial charge in [-0.1, -0.05) is 20.8 Å². The first-order valence-corrected chi connectivity index (χ1v) is 14.5. The van der Waals surface area contributed by atoms with Crippen molar-refractivity contribution in [2.24, 2.45) is 34.8 Å². The molecule has 1 aromatic rings. The summed E-state index contributed by atoms with van der Waals surface area (Å²) in [6, 6.07) is -0.492. The lowest BCUT2D eigenvalue weighted by Gasteiger charge is -2.52. The van der Waals surface area contributed by atoms with Crippen LogP contribution in [0.1, 0.15) is 74.5 Å². The van der Waals surface area contributed by atoms with E-state index in [-0.39, 0.29) is 23.9 Å². The van der Waals surface area contributed by atoms with Crippen molar-refractivity contribution in [1.82, 2.24) is 10.2 Å². The Bertz CT molecular complexity index is 1450. The molecule has 5 N–H and O–H groups in total. The maximum atomic E-state index is 14.7. The number of phenols is 1. The first kappa shape index (κ1) is 33.7. The van der Waals surface area contributed by atoms with Gasteiger partial charge in [-0.05, 0) is 75.7 Å². The van der Waals surface area contributed by atoms with E-state index in [1.54, 1.807) is 0 Å².